The van der Waals surface area contributed by atoms with Crippen LogP contribution in [0.4, 0.5) is 0 Å². The Morgan fingerprint density at radius 1 is 0.500 bits per heavy atom. The summed E-state index contributed by atoms with van der Waals surface area (Å²) in [6, 6.07) is 17.0. The Labute approximate surface area is 315 Å². The summed E-state index contributed by atoms with van der Waals surface area (Å²) in [6.45, 7) is 15.0. The van der Waals surface area contributed by atoms with E-state index in [0.717, 1.165) is 46.8 Å². The van der Waals surface area contributed by atoms with Crippen molar-refractivity contribution in [3.63, 3.8) is 0 Å². The molecule has 8 heteroatoms. The molecule has 2 aliphatic rings. The van der Waals surface area contributed by atoms with Gasteiger partial charge in [-0.3, -0.25) is 9.59 Å². The Bertz CT molecular complexity index is 1670. The lowest BCUT2D eigenvalue weighted by molar-refractivity contribution is -0.124. The summed E-state index contributed by atoms with van der Waals surface area (Å²) in [4.78, 5) is 40.4. The minimum atomic E-state index is -0.0163. The van der Waals surface area contributed by atoms with Gasteiger partial charge in [0, 0.05) is 32.6 Å². The van der Waals surface area contributed by atoms with Gasteiger partial charge in [-0.2, -0.15) is 0 Å². The summed E-state index contributed by atoms with van der Waals surface area (Å²) >= 11 is 6.84. The van der Waals surface area contributed by atoms with E-state index in [0.29, 0.717) is 47.9 Å². The highest BCUT2D eigenvalue weighted by Crippen LogP contribution is 2.50. The van der Waals surface area contributed by atoms with E-state index < -0.39 is 0 Å². The highest BCUT2D eigenvalue weighted by Gasteiger charge is 2.49. The van der Waals surface area contributed by atoms with Gasteiger partial charge in [0.05, 0.1) is 32.3 Å². The van der Waals surface area contributed by atoms with Gasteiger partial charge in [-0.25, -0.2) is 0 Å². The minimum Gasteiger partial charge on any atom is -0.306 e. The fourth-order valence-electron chi connectivity index (χ4n) is 7.10. The van der Waals surface area contributed by atoms with Crippen molar-refractivity contribution in [2.45, 2.75) is 92.9 Å². The zero-order chi connectivity index (χ0) is 35.4. The molecule has 4 aromatic heterocycles. The Hall–Kier alpha value is -2.78. The quantitative estimate of drug-likeness (QED) is 0.102. The molecule has 50 heavy (non-hydrogen) atoms. The zero-order valence-electron chi connectivity index (χ0n) is 30.5. The lowest BCUT2D eigenvalue weighted by atomic mass is 9.97. The van der Waals surface area contributed by atoms with Crippen LogP contribution in [-0.2, 0) is 9.59 Å². The average molecular weight is 745 g/mol. The van der Waals surface area contributed by atoms with E-state index in [2.05, 4.69) is 101 Å². The number of amides is 2. The molecule has 0 unspecified atom stereocenters. The molecule has 6 rings (SSSR count). The Balaban J connectivity index is 1.38. The monoisotopic (exact) mass is 744 g/mol. The number of carbonyl (C=O) groups is 2. The molecule has 0 saturated carbocycles. The van der Waals surface area contributed by atoms with E-state index >= 15 is 0 Å². The second kappa shape index (κ2) is 16.7. The Morgan fingerprint density at radius 2 is 0.900 bits per heavy atom. The first kappa shape index (κ1) is 37.0. The van der Waals surface area contributed by atoms with Crippen molar-refractivity contribution in [2.24, 2.45) is 23.7 Å². The number of carbonyl (C=O) groups excluding carboxylic acids is 2. The van der Waals surface area contributed by atoms with Crippen molar-refractivity contribution in [3.8, 4) is 19.5 Å². The third-order valence-electron chi connectivity index (χ3n) is 10.0. The number of hydrogen-bond acceptors (Lipinski definition) is 6. The number of thiophene rings is 4. The van der Waals surface area contributed by atoms with Crippen molar-refractivity contribution in [2.75, 3.05) is 13.1 Å². The fraction of sp³-hybridized carbons (Fsp3) is 0.476. The maximum absolute atomic E-state index is 14.8. The second-order valence-electron chi connectivity index (χ2n) is 15.1. The number of rotatable bonds is 18. The van der Waals surface area contributed by atoms with Crippen LogP contribution < -0.4 is 0 Å². The molecule has 2 amide bonds. The molecule has 0 fully saturated rings. The molecule has 0 N–H and O–H groups in total. The molecule has 4 nitrogen and oxygen atoms in total. The molecule has 2 atom stereocenters. The molecule has 0 radical (unpaired) electrons. The molecule has 0 aromatic carbocycles. The van der Waals surface area contributed by atoms with Crippen LogP contribution in [-0.4, -0.2) is 34.7 Å². The molecule has 0 spiro atoms. The van der Waals surface area contributed by atoms with Gasteiger partial charge in [-0.1, -0.05) is 92.2 Å². The molecule has 6 heterocycles. The first-order valence-electron chi connectivity index (χ1n) is 18.5. The van der Waals surface area contributed by atoms with Crippen molar-refractivity contribution in [1.82, 2.24) is 9.80 Å². The molecule has 0 saturated heterocycles. The number of nitrogens with zero attached hydrogens (tertiary/aromatic N) is 2. The van der Waals surface area contributed by atoms with Gasteiger partial charge >= 0.3 is 0 Å². The molecular formula is C42H52N2O2S4. The summed E-state index contributed by atoms with van der Waals surface area (Å²) in [5, 5.41) is 4.20. The van der Waals surface area contributed by atoms with E-state index in [-0.39, 0.29) is 11.8 Å². The normalized spacial score (nSPS) is 16.2. The van der Waals surface area contributed by atoms with Crippen LogP contribution in [0.3, 0.4) is 0 Å². The van der Waals surface area contributed by atoms with Gasteiger partial charge in [0.25, 0.3) is 11.8 Å². The van der Waals surface area contributed by atoms with Crippen LogP contribution in [0.25, 0.3) is 30.9 Å². The predicted octanol–water partition coefficient (Wildman–Crippen LogP) is 12.8. The first-order chi connectivity index (χ1) is 24.1. The van der Waals surface area contributed by atoms with Crippen LogP contribution in [0.15, 0.2) is 70.4 Å². The average Bonchev–Trinajstić information content (AvgIpc) is 3.92. The summed E-state index contributed by atoms with van der Waals surface area (Å²) in [5.41, 5.74) is 2.85. The fourth-order valence-corrected chi connectivity index (χ4v) is 10.9. The second-order valence-corrected chi connectivity index (χ2v) is 19.1. The smallest absolute Gasteiger partial charge is 0.261 e. The number of fused-ring (bicyclic) bond motifs is 1. The van der Waals surface area contributed by atoms with Crippen molar-refractivity contribution in [3.05, 3.63) is 80.2 Å². The molecule has 0 aliphatic carbocycles. The van der Waals surface area contributed by atoms with E-state index in [4.69, 9.17) is 0 Å². The minimum absolute atomic E-state index is 0.0163. The maximum Gasteiger partial charge on any atom is 0.261 e. The summed E-state index contributed by atoms with van der Waals surface area (Å²) in [7, 11) is 0. The van der Waals surface area contributed by atoms with E-state index in [9.17, 15) is 9.59 Å². The molecular weight excluding hydrogens is 693 g/mol. The van der Waals surface area contributed by atoms with Gasteiger partial charge in [-0.05, 0) is 83.7 Å². The molecule has 266 valence electrons. The van der Waals surface area contributed by atoms with Gasteiger partial charge in [0.2, 0.25) is 0 Å². The van der Waals surface area contributed by atoms with Crippen molar-refractivity contribution >= 4 is 68.6 Å². The molecule has 0 bridgehead atoms. The zero-order valence-corrected chi connectivity index (χ0v) is 33.8. The van der Waals surface area contributed by atoms with Crippen LogP contribution in [0.2, 0.25) is 0 Å². The lowest BCUT2D eigenvalue weighted by Crippen LogP contribution is -2.31. The molecule has 4 aromatic rings. The number of hydrogen-bond donors (Lipinski definition) is 0. The maximum atomic E-state index is 14.8. The van der Waals surface area contributed by atoms with Gasteiger partial charge in [0.15, 0.2) is 0 Å². The summed E-state index contributed by atoms with van der Waals surface area (Å²) < 4.78 is 0. The summed E-state index contributed by atoms with van der Waals surface area (Å²) in [5.74, 6) is 2.38. The summed E-state index contributed by atoms with van der Waals surface area (Å²) in [6.07, 6.45) is 9.02. The Kier molecular flexibility index (Phi) is 12.4. The largest absolute Gasteiger partial charge is 0.306 e. The van der Waals surface area contributed by atoms with Gasteiger partial charge in [0.1, 0.15) is 0 Å². The SMILES string of the molecule is CC(C)CCC[C@H](C)CCN1C(=O)C2=C(c3ccc(-c4cccs4)s3)N(CC[C@@H](C)CCCC(C)C)C(=O)C2=C1c1ccc(-c2cccs2)s1. The van der Waals surface area contributed by atoms with Crippen LogP contribution >= 0.6 is 45.3 Å². The predicted molar refractivity (Wildman–Crippen MR) is 217 cm³/mol. The van der Waals surface area contributed by atoms with Crippen molar-refractivity contribution in [1.29, 1.82) is 0 Å². The van der Waals surface area contributed by atoms with Gasteiger partial charge in [-0.15, -0.1) is 45.3 Å². The third-order valence-corrected chi connectivity index (χ3v) is 14.4. The third kappa shape index (κ3) is 8.30. The first-order valence-corrected chi connectivity index (χ1v) is 21.9. The van der Waals surface area contributed by atoms with E-state index in [1.54, 1.807) is 45.3 Å². The van der Waals surface area contributed by atoms with Crippen LogP contribution in [0, 0.1) is 23.7 Å². The Morgan fingerprint density at radius 3 is 1.26 bits per heavy atom. The van der Waals surface area contributed by atoms with Crippen molar-refractivity contribution < 1.29 is 9.59 Å². The highest BCUT2D eigenvalue weighted by molar-refractivity contribution is 7.22. The molecule has 2 aliphatic heterocycles. The standard InChI is InChI=1S/C42H52N2O2S4/c1-27(2)11-7-13-29(5)21-23-43-39(35-19-17-33(49-35)31-15-9-25-47-31)37-38(41(43)45)40(36-20-18-34(50-36)32-16-10-26-48-32)44(42(37)46)24-22-30(6)14-8-12-28(3)4/h9-10,15-20,25-30H,7-8,11-14,21-24H2,1-6H3/t29-,30-/m0/s1. The highest BCUT2D eigenvalue weighted by atomic mass is 32.1. The van der Waals surface area contributed by atoms with Gasteiger partial charge < -0.3 is 9.80 Å². The topological polar surface area (TPSA) is 40.6 Å². The van der Waals surface area contributed by atoms with E-state index in [1.165, 1.54) is 45.2 Å². The van der Waals surface area contributed by atoms with E-state index in [1.807, 2.05) is 9.80 Å². The van der Waals surface area contributed by atoms with Crippen LogP contribution in [0.1, 0.15) is 103 Å². The van der Waals surface area contributed by atoms with Crippen LogP contribution in [0.5, 0.6) is 0 Å². The lowest BCUT2D eigenvalue weighted by Gasteiger charge is -2.26.